The second kappa shape index (κ2) is 8.72. The van der Waals surface area contributed by atoms with Crippen LogP contribution in [0.4, 0.5) is 4.39 Å². The van der Waals surface area contributed by atoms with E-state index in [1.807, 2.05) is 4.90 Å². The quantitative estimate of drug-likeness (QED) is 0.856. The standard InChI is InChI=1S/C21H24FN5O2/c22-18-4-3-15(17(10-18)11-23)13-26-5-1-2-16(14-26)20-19(12-24-25-20)21(28)27-6-8-29-9-7-27/h3-4,10,12,16H,1-2,5-9,13-14H2,(H,24,25)/t16-/m1/s1. The maximum Gasteiger partial charge on any atom is 0.257 e. The van der Waals surface area contributed by atoms with Crippen molar-refractivity contribution in [1.29, 1.82) is 5.26 Å². The third kappa shape index (κ3) is 4.31. The molecule has 0 spiro atoms. The van der Waals surface area contributed by atoms with E-state index >= 15 is 0 Å². The van der Waals surface area contributed by atoms with E-state index in [1.54, 1.807) is 12.3 Å². The van der Waals surface area contributed by atoms with E-state index < -0.39 is 5.82 Å². The molecule has 0 aliphatic carbocycles. The molecule has 0 unspecified atom stereocenters. The van der Waals surface area contributed by atoms with Crippen LogP contribution in [0.15, 0.2) is 24.4 Å². The van der Waals surface area contributed by atoms with Crippen molar-refractivity contribution in [3.05, 3.63) is 52.6 Å². The van der Waals surface area contributed by atoms with Crippen molar-refractivity contribution in [2.75, 3.05) is 39.4 Å². The number of rotatable bonds is 4. The average Bonchev–Trinajstić information content (AvgIpc) is 3.25. The summed E-state index contributed by atoms with van der Waals surface area (Å²) in [7, 11) is 0. The second-order valence-electron chi connectivity index (χ2n) is 7.59. The molecule has 1 amide bonds. The smallest absolute Gasteiger partial charge is 0.257 e. The molecule has 8 heteroatoms. The van der Waals surface area contributed by atoms with Gasteiger partial charge in [0.2, 0.25) is 0 Å². The van der Waals surface area contributed by atoms with E-state index in [1.165, 1.54) is 12.1 Å². The van der Waals surface area contributed by atoms with Crippen LogP contribution in [0, 0.1) is 17.1 Å². The molecule has 3 heterocycles. The van der Waals surface area contributed by atoms with Gasteiger partial charge >= 0.3 is 0 Å². The molecule has 0 saturated carbocycles. The lowest BCUT2D eigenvalue weighted by Gasteiger charge is -2.33. The minimum absolute atomic E-state index is 0.000486. The van der Waals surface area contributed by atoms with Crippen LogP contribution >= 0.6 is 0 Å². The van der Waals surface area contributed by atoms with Crippen molar-refractivity contribution in [1.82, 2.24) is 20.0 Å². The van der Waals surface area contributed by atoms with Crippen LogP contribution in [-0.4, -0.2) is 65.3 Å². The Kier molecular flexibility index (Phi) is 5.88. The minimum Gasteiger partial charge on any atom is -0.378 e. The molecule has 0 radical (unpaired) electrons. The Hall–Kier alpha value is -2.76. The summed E-state index contributed by atoms with van der Waals surface area (Å²) in [6.07, 6.45) is 3.58. The van der Waals surface area contributed by atoms with Gasteiger partial charge in [-0.3, -0.25) is 14.8 Å². The maximum atomic E-state index is 13.4. The van der Waals surface area contributed by atoms with Gasteiger partial charge in [-0.05, 0) is 37.1 Å². The normalized spacial score (nSPS) is 20.4. The zero-order valence-electron chi connectivity index (χ0n) is 16.2. The number of aromatic amines is 1. The summed E-state index contributed by atoms with van der Waals surface area (Å²) < 4.78 is 18.8. The van der Waals surface area contributed by atoms with Crippen molar-refractivity contribution in [2.45, 2.75) is 25.3 Å². The first-order chi connectivity index (χ1) is 14.2. The molecule has 1 aromatic heterocycles. The van der Waals surface area contributed by atoms with Crippen molar-refractivity contribution in [2.24, 2.45) is 0 Å². The maximum absolute atomic E-state index is 13.4. The summed E-state index contributed by atoms with van der Waals surface area (Å²) in [5.41, 5.74) is 2.71. The van der Waals surface area contributed by atoms with Gasteiger partial charge in [-0.2, -0.15) is 10.4 Å². The molecule has 29 heavy (non-hydrogen) atoms. The highest BCUT2D eigenvalue weighted by Gasteiger charge is 2.29. The number of morpholine rings is 1. The van der Waals surface area contributed by atoms with Gasteiger partial charge in [0.05, 0.1) is 42.3 Å². The van der Waals surface area contributed by atoms with Crippen LogP contribution in [0.1, 0.15) is 45.9 Å². The van der Waals surface area contributed by atoms with Crippen LogP contribution in [-0.2, 0) is 11.3 Å². The Morgan fingerprint density at radius 2 is 2.17 bits per heavy atom. The highest BCUT2D eigenvalue weighted by Crippen LogP contribution is 2.29. The van der Waals surface area contributed by atoms with Crippen LogP contribution < -0.4 is 0 Å². The monoisotopic (exact) mass is 397 g/mol. The summed E-state index contributed by atoms with van der Waals surface area (Å²) in [4.78, 5) is 17.0. The fraction of sp³-hybridized carbons (Fsp3) is 0.476. The van der Waals surface area contributed by atoms with E-state index in [4.69, 9.17) is 4.74 Å². The topological polar surface area (TPSA) is 85.2 Å². The molecule has 1 N–H and O–H groups in total. The first-order valence-electron chi connectivity index (χ1n) is 9.97. The molecule has 1 atom stereocenters. The van der Waals surface area contributed by atoms with E-state index in [0.717, 1.165) is 37.2 Å². The molecule has 2 fully saturated rings. The number of ether oxygens (including phenoxy) is 1. The lowest BCUT2D eigenvalue weighted by Crippen LogP contribution is -2.41. The molecule has 2 aliphatic heterocycles. The van der Waals surface area contributed by atoms with Gasteiger partial charge in [0, 0.05) is 32.1 Å². The lowest BCUT2D eigenvalue weighted by atomic mass is 9.91. The summed E-state index contributed by atoms with van der Waals surface area (Å²) in [6, 6.07) is 6.44. The molecule has 152 valence electrons. The molecule has 4 rings (SSSR count). The molecule has 2 aliphatic rings. The summed E-state index contributed by atoms with van der Waals surface area (Å²) in [5.74, 6) is -0.234. The number of carbonyl (C=O) groups is 1. The van der Waals surface area contributed by atoms with Crippen molar-refractivity contribution < 1.29 is 13.9 Å². The molecular weight excluding hydrogens is 373 g/mol. The number of benzene rings is 1. The molecular formula is C21H24FN5O2. The summed E-state index contributed by atoms with van der Waals surface area (Å²) in [5, 5.41) is 16.5. The third-order valence-electron chi connectivity index (χ3n) is 5.70. The highest BCUT2D eigenvalue weighted by molar-refractivity contribution is 5.95. The fourth-order valence-electron chi connectivity index (χ4n) is 4.18. The van der Waals surface area contributed by atoms with Crippen molar-refractivity contribution in [3.8, 4) is 6.07 Å². The van der Waals surface area contributed by atoms with Gasteiger partial charge < -0.3 is 9.64 Å². The minimum atomic E-state index is -0.398. The summed E-state index contributed by atoms with van der Waals surface area (Å²) >= 11 is 0. The van der Waals surface area contributed by atoms with Crippen LogP contribution in [0.5, 0.6) is 0 Å². The van der Waals surface area contributed by atoms with E-state index in [-0.39, 0.29) is 11.8 Å². The largest absolute Gasteiger partial charge is 0.378 e. The van der Waals surface area contributed by atoms with Crippen molar-refractivity contribution >= 4 is 5.91 Å². The number of aromatic nitrogens is 2. The number of hydrogen-bond acceptors (Lipinski definition) is 5. The summed E-state index contributed by atoms with van der Waals surface area (Å²) in [6.45, 7) is 4.57. The van der Waals surface area contributed by atoms with E-state index in [2.05, 4.69) is 21.2 Å². The molecule has 0 bridgehead atoms. The van der Waals surface area contributed by atoms with Crippen molar-refractivity contribution in [3.63, 3.8) is 0 Å². The van der Waals surface area contributed by atoms with Gasteiger partial charge in [-0.15, -0.1) is 0 Å². The molecule has 2 saturated heterocycles. The number of nitrogens with one attached hydrogen (secondary N) is 1. The Labute approximate surface area is 169 Å². The predicted octanol–water partition coefficient (Wildman–Crippen LogP) is 2.27. The van der Waals surface area contributed by atoms with Gasteiger partial charge in [-0.25, -0.2) is 4.39 Å². The number of amides is 1. The molecule has 2 aromatic rings. The Bertz CT molecular complexity index is 916. The fourth-order valence-corrected chi connectivity index (χ4v) is 4.18. The van der Waals surface area contributed by atoms with Gasteiger partial charge in [-0.1, -0.05) is 6.07 Å². The zero-order valence-corrected chi connectivity index (χ0v) is 16.2. The van der Waals surface area contributed by atoms with E-state index in [9.17, 15) is 14.4 Å². The van der Waals surface area contributed by atoms with Crippen LogP contribution in [0.3, 0.4) is 0 Å². The number of likely N-dealkylation sites (tertiary alicyclic amines) is 1. The molecule has 1 aromatic carbocycles. The first-order valence-corrected chi connectivity index (χ1v) is 9.97. The number of hydrogen-bond donors (Lipinski definition) is 1. The number of carbonyl (C=O) groups excluding carboxylic acids is 1. The van der Waals surface area contributed by atoms with Gasteiger partial charge in [0.25, 0.3) is 5.91 Å². The predicted molar refractivity (Wildman–Crippen MR) is 104 cm³/mol. The molecule has 7 nitrogen and oxygen atoms in total. The number of nitrogens with zero attached hydrogens (tertiary/aromatic N) is 4. The number of H-pyrrole nitrogens is 1. The third-order valence-corrected chi connectivity index (χ3v) is 5.70. The van der Waals surface area contributed by atoms with E-state index in [0.29, 0.717) is 44.0 Å². The zero-order chi connectivity index (χ0) is 20.2. The number of piperidine rings is 1. The number of halogens is 1. The van der Waals surface area contributed by atoms with Crippen LogP contribution in [0.25, 0.3) is 0 Å². The van der Waals surface area contributed by atoms with Gasteiger partial charge in [0.15, 0.2) is 0 Å². The Balaban J connectivity index is 1.48. The van der Waals surface area contributed by atoms with Crippen LogP contribution in [0.2, 0.25) is 0 Å². The second-order valence-corrected chi connectivity index (χ2v) is 7.59. The first kappa shape index (κ1) is 19.6. The Morgan fingerprint density at radius 1 is 1.34 bits per heavy atom. The lowest BCUT2D eigenvalue weighted by molar-refractivity contribution is 0.0301. The highest BCUT2D eigenvalue weighted by atomic mass is 19.1. The Morgan fingerprint density at radius 3 is 2.97 bits per heavy atom. The van der Waals surface area contributed by atoms with Gasteiger partial charge in [0.1, 0.15) is 5.82 Å². The number of nitriles is 1. The SMILES string of the molecule is N#Cc1cc(F)ccc1CN1CCC[C@@H](c2[nH]ncc2C(=O)N2CCOCC2)C1. The average molecular weight is 397 g/mol.